The predicted molar refractivity (Wildman–Crippen MR) is 90.5 cm³/mol. The number of non-ortho nitro benzene ring substituents is 1. The predicted octanol–water partition coefficient (Wildman–Crippen LogP) is 3.44. The number of hydrogen-bond donors (Lipinski definition) is 1. The molecule has 1 amide bonds. The van der Waals surface area contributed by atoms with E-state index in [1.165, 1.54) is 54.6 Å². The quantitative estimate of drug-likeness (QED) is 0.427. The molecule has 0 radical (unpaired) electrons. The monoisotopic (exact) mass is 354 g/mol. The van der Waals surface area contributed by atoms with E-state index in [4.69, 9.17) is 4.42 Å². The molecule has 2 aromatic carbocycles. The van der Waals surface area contributed by atoms with Crippen LogP contribution < -0.4 is 5.32 Å². The number of benzene rings is 2. The molecule has 0 aliphatic rings. The van der Waals surface area contributed by atoms with Crippen molar-refractivity contribution in [2.45, 2.75) is 0 Å². The first kappa shape index (κ1) is 17.0. The number of amides is 1. The van der Waals surface area contributed by atoms with Crippen molar-refractivity contribution in [3.05, 3.63) is 76.1 Å². The smallest absolute Gasteiger partial charge is 0.322 e. The fourth-order valence-corrected chi connectivity index (χ4v) is 2.04. The molecule has 0 aliphatic heterocycles. The first-order chi connectivity index (χ1) is 12.5. The van der Waals surface area contributed by atoms with E-state index >= 15 is 0 Å². The summed E-state index contributed by atoms with van der Waals surface area (Å²) >= 11 is 0. The van der Waals surface area contributed by atoms with Crippen LogP contribution in [0.2, 0.25) is 0 Å². The van der Waals surface area contributed by atoms with Crippen molar-refractivity contribution < 1.29 is 18.5 Å². The third-order valence-corrected chi connectivity index (χ3v) is 3.26. The SMILES string of the molecule is O=C(C=Cc1ccc([N+](=O)[O-])cc1)Nc1nnc(-c2cccc(F)c2)o1. The van der Waals surface area contributed by atoms with Crippen LogP contribution in [0.25, 0.3) is 17.5 Å². The minimum absolute atomic E-state index is 0.0395. The summed E-state index contributed by atoms with van der Waals surface area (Å²) in [6, 6.07) is 11.2. The molecule has 0 saturated carbocycles. The number of halogens is 1. The summed E-state index contributed by atoms with van der Waals surface area (Å²) in [5.41, 5.74) is 0.957. The van der Waals surface area contributed by atoms with E-state index in [9.17, 15) is 19.3 Å². The molecule has 3 aromatic rings. The van der Waals surface area contributed by atoms with Gasteiger partial charge in [-0.1, -0.05) is 11.2 Å². The number of carbonyl (C=O) groups excluding carboxylic acids is 1. The highest BCUT2D eigenvalue weighted by molar-refractivity contribution is 6.00. The average Bonchev–Trinajstić information content (AvgIpc) is 3.09. The van der Waals surface area contributed by atoms with Crippen LogP contribution >= 0.6 is 0 Å². The average molecular weight is 354 g/mol. The zero-order valence-corrected chi connectivity index (χ0v) is 13.1. The number of nitro benzene ring substituents is 1. The molecule has 1 heterocycles. The number of nitro groups is 1. The van der Waals surface area contributed by atoms with E-state index in [0.29, 0.717) is 11.1 Å². The van der Waals surface area contributed by atoms with Crippen molar-refractivity contribution in [3.8, 4) is 11.5 Å². The minimum Gasteiger partial charge on any atom is -0.403 e. The summed E-state index contributed by atoms with van der Waals surface area (Å²) in [5.74, 6) is -0.908. The summed E-state index contributed by atoms with van der Waals surface area (Å²) in [4.78, 5) is 21.9. The van der Waals surface area contributed by atoms with Gasteiger partial charge < -0.3 is 4.42 Å². The van der Waals surface area contributed by atoms with Crippen molar-refractivity contribution >= 4 is 23.7 Å². The second kappa shape index (κ2) is 7.34. The maximum Gasteiger partial charge on any atom is 0.322 e. The van der Waals surface area contributed by atoms with Gasteiger partial charge in [-0.05, 0) is 42.0 Å². The number of nitrogens with zero attached hydrogens (tertiary/aromatic N) is 3. The van der Waals surface area contributed by atoms with Crippen LogP contribution in [0.3, 0.4) is 0 Å². The zero-order valence-electron chi connectivity index (χ0n) is 13.1. The molecular formula is C17H11FN4O4. The highest BCUT2D eigenvalue weighted by Gasteiger charge is 2.10. The van der Waals surface area contributed by atoms with Crippen LogP contribution in [0, 0.1) is 15.9 Å². The number of aromatic nitrogens is 2. The molecule has 0 unspecified atom stereocenters. The van der Waals surface area contributed by atoms with Crippen LogP contribution in [0.4, 0.5) is 16.1 Å². The summed E-state index contributed by atoms with van der Waals surface area (Å²) in [7, 11) is 0. The van der Waals surface area contributed by atoms with E-state index in [-0.39, 0.29) is 17.6 Å². The first-order valence-corrected chi connectivity index (χ1v) is 7.34. The summed E-state index contributed by atoms with van der Waals surface area (Å²) < 4.78 is 18.5. The Morgan fingerprint density at radius 2 is 1.96 bits per heavy atom. The van der Waals surface area contributed by atoms with Crippen molar-refractivity contribution in [3.63, 3.8) is 0 Å². The molecular weight excluding hydrogens is 343 g/mol. The van der Waals surface area contributed by atoms with Gasteiger partial charge >= 0.3 is 6.01 Å². The lowest BCUT2D eigenvalue weighted by atomic mass is 10.2. The molecule has 0 bridgehead atoms. The van der Waals surface area contributed by atoms with Gasteiger partial charge in [0.05, 0.1) is 4.92 Å². The topological polar surface area (TPSA) is 111 Å². The van der Waals surface area contributed by atoms with Crippen molar-refractivity contribution in [1.29, 1.82) is 0 Å². The maximum absolute atomic E-state index is 13.2. The standard InChI is InChI=1S/C17H11FN4O4/c18-13-3-1-2-12(10-13)16-20-21-17(26-16)19-15(23)9-6-11-4-7-14(8-5-11)22(24)25/h1-10H,(H,19,21,23). The Bertz CT molecular complexity index is 982. The van der Waals surface area contributed by atoms with Gasteiger partial charge in [-0.2, -0.15) is 0 Å². The Kier molecular flexibility index (Phi) is 4.79. The van der Waals surface area contributed by atoms with Crippen LogP contribution in [-0.4, -0.2) is 21.0 Å². The van der Waals surface area contributed by atoms with Gasteiger partial charge in [0.1, 0.15) is 5.82 Å². The molecule has 0 saturated heterocycles. The molecule has 130 valence electrons. The Morgan fingerprint density at radius 1 is 1.19 bits per heavy atom. The lowest BCUT2D eigenvalue weighted by Gasteiger charge is -1.96. The highest BCUT2D eigenvalue weighted by Crippen LogP contribution is 2.20. The molecule has 9 heteroatoms. The molecule has 26 heavy (non-hydrogen) atoms. The number of nitrogens with one attached hydrogen (secondary N) is 1. The van der Waals surface area contributed by atoms with E-state index in [0.717, 1.165) is 0 Å². The summed E-state index contributed by atoms with van der Waals surface area (Å²) in [6.45, 7) is 0. The Labute approximate surface area is 146 Å². The van der Waals surface area contributed by atoms with Gasteiger partial charge in [0.15, 0.2) is 0 Å². The Morgan fingerprint density at radius 3 is 2.65 bits per heavy atom. The van der Waals surface area contributed by atoms with Gasteiger partial charge in [-0.3, -0.25) is 20.2 Å². The fourth-order valence-electron chi connectivity index (χ4n) is 2.04. The molecule has 1 N–H and O–H groups in total. The number of carbonyl (C=O) groups is 1. The zero-order chi connectivity index (χ0) is 18.5. The molecule has 0 spiro atoms. The van der Waals surface area contributed by atoms with Gasteiger partial charge in [-0.15, -0.1) is 5.10 Å². The van der Waals surface area contributed by atoms with Crippen LogP contribution in [0.5, 0.6) is 0 Å². The van der Waals surface area contributed by atoms with E-state index in [1.807, 2.05) is 0 Å². The van der Waals surface area contributed by atoms with Crippen LogP contribution in [-0.2, 0) is 4.79 Å². The summed E-state index contributed by atoms with van der Waals surface area (Å²) in [6.07, 6.45) is 2.69. The van der Waals surface area contributed by atoms with Crippen molar-refractivity contribution in [2.24, 2.45) is 0 Å². The Balaban J connectivity index is 1.64. The maximum atomic E-state index is 13.2. The number of anilines is 1. The first-order valence-electron chi connectivity index (χ1n) is 7.34. The van der Waals surface area contributed by atoms with E-state index in [1.54, 1.807) is 6.07 Å². The van der Waals surface area contributed by atoms with Crippen LogP contribution in [0.1, 0.15) is 5.56 Å². The highest BCUT2D eigenvalue weighted by atomic mass is 19.1. The second-order valence-electron chi connectivity index (χ2n) is 5.09. The Hall–Kier alpha value is -3.88. The lowest BCUT2D eigenvalue weighted by molar-refractivity contribution is -0.384. The number of rotatable bonds is 5. The fraction of sp³-hybridized carbons (Fsp3) is 0. The van der Waals surface area contributed by atoms with Crippen LogP contribution in [0.15, 0.2) is 59.0 Å². The van der Waals surface area contributed by atoms with Gasteiger partial charge in [0.25, 0.3) is 11.6 Å². The van der Waals surface area contributed by atoms with Gasteiger partial charge in [0.2, 0.25) is 5.89 Å². The lowest BCUT2D eigenvalue weighted by Crippen LogP contribution is -2.07. The molecule has 0 atom stereocenters. The normalized spacial score (nSPS) is 10.8. The molecule has 3 rings (SSSR count). The van der Waals surface area contributed by atoms with Crippen molar-refractivity contribution in [1.82, 2.24) is 10.2 Å². The largest absolute Gasteiger partial charge is 0.403 e. The molecule has 0 fully saturated rings. The van der Waals surface area contributed by atoms with Gasteiger partial charge in [-0.25, -0.2) is 4.39 Å². The molecule has 8 nitrogen and oxygen atoms in total. The minimum atomic E-state index is -0.530. The number of hydrogen-bond acceptors (Lipinski definition) is 6. The van der Waals surface area contributed by atoms with Gasteiger partial charge in [0, 0.05) is 23.8 Å². The van der Waals surface area contributed by atoms with Crippen molar-refractivity contribution in [2.75, 3.05) is 5.32 Å². The second-order valence-corrected chi connectivity index (χ2v) is 5.09. The third kappa shape index (κ3) is 4.15. The molecule has 0 aliphatic carbocycles. The van der Waals surface area contributed by atoms with E-state index < -0.39 is 16.6 Å². The van der Waals surface area contributed by atoms with E-state index in [2.05, 4.69) is 15.5 Å². The molecule has 1 aromatic heterocycles. The summed E-state index contributed by atoms with van der Waals surface area (Å²) in [5, 5.41) is 20.4. The third-order valence-electron chi connectivity index (χ3n) is 3.26.